The summed E-state index contributed by atoms with van der Waals surface area (Å²) >= 11 is 0. The number of anilines is 1. The molecular weight excluding hydrogens is 376 g/mol. The first-order chi connectivity index (χ1) is 14.5. The summed E-state index contributed by atoms with van der Waals surface area (Å²) in [5.41, 5.74) is 3.07. The van der Waals surface area contributed by atoms with Crippen LogP contribution in [0.3, 0.4) is 0 Å². The first-order valence-electron chi connectivity index (χ1n) is 10.4. The smallest absolute Gasteiger partial charge is 0.223 e. The van der Waals surface area contributed by atoms with Crippen molar-refractivity contribution in [3.63, 3.8) is 0 Å². The lowest BCUT2D eigenvalue weighted by Crippen LogP contribution is -2.40. The Morgan fingerprint density at radius 2 is 2.20 bits per heavy atom. The van der Waals surface area contributed by atoms with Gasteiger partial charge in [-0.2, -0.15) is 5.26 Å². The van der Waals surface area contributed by atoms with Crippen molar-refractivity contribution in [3.05, 3.63) is 48.2 Å². The minimum atomic E-state index is 0.198. The van der Waals surface area contributed by atoms with Gasteiger partial charge >= 0.3 is 0 Å². The van der Waals surface area contributed by atoms with Crippen LogP contribution in [0.15, 0.2) is 42.6 Å². The van der Waals surface area contributed by atoms with Crippen LogP contribution in [0.2, 0.25) is 0 Å². The summed E-state index contributed by atoms with van der Waals surface area (Å²) in [6.07, 6.45) is 4.42. The van der Waals surface area contributed by atoms with Crippen molar-refractivity contribution < 1.29 is 4.79 Å². The highest BCUT2D eigenvalue weighted by Gasteiger charge is 2.28. The molecule has 1 saturated heterocycles. The summed E-state index contributed by atoms with van der Waals surface area (Å²) < 4.78 is 1.79. The monoisotopic (exact) mass is 402 g/mol. The van der Waals surface area contributed by atoms with Gasteiger partial charge in [0.25, 0.3) is 0 Å². The Kier molecular flexibility index (Phi) is 5.66. The fraction of sp³-hybridized carbons (Fsp3) is 0.391. The zero-order valence-corrected chi connectivity index (χ0v) is 17.4. The third kappa shape index (κ3) is 4.13. The van der Waals surface area contributed by atoms with Crippen molar-refractivity contribution in [2.75, 3.05) is 18.4 Å². The Balaban J connectivity index is 1.51. The maximum Gasteiger partial charge on any atom is 0.223 e. The number of hydrogen-bond acceptors (Lipinski definition) is 5. The summed E-state index contributed by atoms with van der Waals surface area (Å²) in [5, 5.41) is 17.3. The molecule has 1 aliphatic heterocycles. The van der Waals surface area contributed by atoms with Gasteiger partial charge in [0.15, 0.2) is 5.65 Å². The van der Waals surface area contributed by atoms with Crippen molar-refractivity contribution >= 4 is 17.4 Å². The maximum atomic E-state index is 12.5. The zero-order valence-electron chi connectivity index (χ0n) is 17.4. The van der Waals surface area contributed by atoms with Gasteiger partial charge in [-0.3, -0.25) is 4.79 Å². The molecule has 1 N–H and O–H groups in total. The lowest BCUT2D eigenvalue weighted by Gasteiger charge is -2.26. The molecule has 7 heteroatoms. The average molecular weight is 403 g/mol. The highest BCUT2D eigenvalue weighted by Crippen LogP contribution is 2.23. The SMILES string of the molecule is CC(C)CC(=O)N1CCC[C@H]1CNc1ccc2ncc(-c3cccc(C#N)c3)n2n1. The van der Waals surface area contributed by atoms with Crippen molar-refractivity contribution in [1.29, 1.82) is 5.26 Å². The minimum Gasteiger partial charge on any atom is -0.367 e. The largest absolute Gasteiger partial charge is 0.367 e. The van der Waals surface area contributed by atoms with E-state index in [0.29, 0.717) is 24.4 Å². The molecule has 4 rings (SSSR count). The van der Waals surface area contributed by atoms with Crippen LogP contribution in [0.4, 0.5) is 5.82 Å². The number of imidazole rings is 1. The molecule has 1 aromatic carbocycles. The Morgan fingerprint density at radius 3 is 3.00 bits per heavy atom. The van der Waals surface area contributed by atoms with Crippen LogP contribution in [-0.4, -0.2) is 44.5 Å². The summed E-state index contributed by atoms with van der Waals surface area (Å²) in [6.45, 7) is 5.67. The van der Waals surface area contributed by atoms with Crippen LogP contribution in [0.1, 0.15) is 38.7 Å². The average Bonchev–Trinajstić information content (AvgIpc) is 3.38. The van der Waals surface area contributed by atoms with Crippen LogP contribution >= 0.6 is 0 Å². The number of fused-ring (bicyclic) bond motifs is 1. The fourth-order valence-corrected chi connectivity index (χ4v) is 3.98. The third-order valence-corrected chi connectivity index (χ3v) is 5.45. The molecule has 0 unspecified atom stereocenters. The molecule has 1 fully saturated rings. The molecule has 1 aliphatic rings. The van der Waals surface area contributed by atoms with Gasteiger partial charge in [-0.1, -0.05) is 26.0 Å². The summed E-state index contributed by atoms with van der Waals surface area (Å²) in [7, 11) is 0. The van der Waals surface area contributed by atoms with Gasteiger partial charge in [0.2, 0.25) is 5.91 Å². The van der Waals surface area contributed by atoms with Gasteiger partial charge < -0.3 is 10.2 Å². The van der Waals surface area contributed by atoms with E-state index < -0.39 is 0 Å². The summed E-state index contributed by atoms with van der Waals surface area (Å²) in [6, 6.07) is 13.6. The summed E-state index contributed by atoms with van der Waals surface area (Å²) in [4.78, 5) is 19.0. The number of aromatic nitrogens is 3. The van der Waals surface area contributed by atoms with Crippen LogP contribution in [-0.2, 0) is 4.79 Å². The first-order valence-corrected chi connectivity index (χ1v) is 10.4. The van der Waals surface area contributed by atoms with E-state index in [9.17, 15) is 10.1 Å². The first kappa shape index (κ1) is 19.9. The lowest BCUT2D eigenvalue weighted by atomic mass is 10.1. The van der Waals surface area contributed by atoms with E-state index in [1.165, 1.54) is 0 Å². The van der Waals surface area contributed by atoms with Gasteiger partial charge in [0.05, 0.1) is 23.5 Å². The van der Waals surface area contributed by atoms with Crippen molar-refractivity contribution in [1.82, 2.24) is 19.5 Å². The number of nitrogens with zero attached hydrogens (tertiary/aromatic N) is 5. The van der Waals surface area contributed by atoms with Crippen molar-refractivity contribution in [2.24, 2.45) is 5.92 Å². The molecule has 0 aliphatic carbocycles. The van der Waals surface area contributed by atoms with Crippen LogP contribution in [0.5, 0.6) is 0 Å². The highest BCUT2D eigenvalue weighted by atomic mass is 16.2. The highest BCUT2D eigenvalue weighted by molar-refractivity contribution is 5.77. The molecule has 0 radical (unpaired) electrons. The number of likely N-dealkylation sites (tertiary alicyclic amines) is 1. The minimum absolute atomic E-state index is 0.198. The van der Waals surface area contributed by atoms with Crippen LogP contribution in [0.25, 0.3) is 16.9 Å². The number of carbonyl (C=O) groups excluding carboxylic acids is 1. The number of carbonyl (C=O) groups is 1. The number of hydrogen-bond donors (Lipinski definition) is 1. The Bertz CT molecular complexity index is 1100. The van der Waals surface area contributed by atoms with E-state index in [0.717, 1.165) is 42.1 Å². The third-order valence-electron chi connectivity index (χ3n) is 5.45. The van der Waals surface area contributed by atoms with E-state index in [1.54, 1.807) is 16.8 Å². The molecule has 0 bridgehead atoms. The van der Waals surface area contributed by atoms with Gasteiger partial charge in [-0.15, -0.1) is 5.10 Å². The standard InChI is InChI=1S/C23H26N6O/c1-16(2)11-23(30)28-10-4-7-19(28)14-25-21-8-9-22-26-15-20(29(22)27-21)18-6-3-5-17(12-18)13-24/h3,5-6,8-9,12,15-16,19H,4,7,10-11,14H2,1-2H3,(H,25,27)/t19-/m0/s1. The molecule has 0 saturated carbocycles. The number of nitriles is 1. The van der Waals surface area contributed by atoms with Crippen LogP contribution < -0.4 is 5.32 Å². The molecule has 2 aromatic heterocycles. The molecule has 1 amide bonds. The topological polar surface area (TPSA) is 86.3 Å². The van der Waals surface area contributed by atoms with E-state index >= 15 is 0 Å². The number of amides is 1. The van der Waals surface area contributed by atoms with E-state index in [1.807, 2.05) is 35.2 Å². The molecule has 0 spiro atoms. The quantitative estimate of drug-likeness (QED) is 0.679. The molecule has 3 heterocycles. The second kappa shape index (κ2) is 8.54. The Hall–Kier alpha value is -3.40. The number of benzene rings is 1. The van der Waals surface area contributed by atoms with E-state index in [2.05, 4.69) is 30.2 Å². The fourth-order valence-electron chi connectivity index (χ4n) is 3.98. The van der Waals surface area contributed by atoms with Crippen molar-refractivity contribution in [2.45, 2.75) is 39.2 Å². The summed E-state index contributed by atoms with van der Waals surface area (Å²) in [5.74, 6) is 1.35. The Labute approximate surface area is 176 Å². The maximum absolute atomic E-state index is 12.5. The molecule has 30 heavy (non-hydrogen) atoms. The second-order valence-electron chi connectivity index (χ2n) is 8.19. The molecule has 154 valence electrons. The van der Waals surface area contributed by atoms with Gasteiger partial charge in [0, 0.05) is 31.1 Å². The van der Waals surface area contributed by atoms with E-state index in [4.69, 9.17) is 5.10 Å². The van der Waals surface area contributed by atoms with Crippen LogP contribution in [0, 0.1) is 17.2 Å². The number of nitrogens with one attached hydrogen (secondary N) is 1. The zero-order chi connectivity index (χ0) is 21.1. The predicted molar refractivity (Wildman–Crippen MR) is 116 cm³/mol. The molecule has 1 atom stereocenters. The Morgan fingerprint density at radius 1 is 1.33 bits per heavy atom. The normalized spacial score (nSPS) is 16.2. The lowest BCUT2D eigenvalue weighted by molar-refractivity contribution is -0.132. The molecule has 7 nitrogen and oxygen atoms in total. The van der Waals surface area contributed by atoms with Gasteiger partial charge in [-0.25, -0.2) is 9.50 Å². The number of rotatable bonds is 6. The van der Waals surface area contributed by atoms with Gasteiger partial charge in [0.1, 0.15) is 5.82 Å². The van der Waals surface area contributed by atoms with E-state index in [-0.39, 0.29) is 11.9 Å². The van der Waals surface area contributed by atoms with Crippen molar-refractivity contribution in [3.8, 4) is 17.3 Å². The second-order valence-corrected chi connectivity index (χ2v) is 8.19. The molecular formula is C23H26N6O. The van der Waals surface area contributed by atoms with Gasteiger partial charge in [-0.05, 0) is 43.0 Å². The predicted octanol–water partition coefficient (Wildman–Crippen LogP) is 3.72. The molecule has 3 aromatic rings.